The third kappa shape index (κ3) is 3.45. The van der Waals surface area contributed by atoms with Gasteiger partial charge in [-0.05, 0) is 53.9 Å². The average Bonchev–Trinajstić information content (AvgIpc) is 3.11. The highest BCUT2D eigenvalue weighted by Crippen LogP contribution is 2.40. The van der Waals surface area contributed by atoms with Crippen LogP contribution >= 0.6 is 0 Å². The van der Waals surface area contributed by atoms with E-state index in [-0.39, 0.29) is 11.3 Å². The number of nitrogens with one attached hydrogen (secondary N) is 2. The van der Waals surface area contributed by atoms with Crippen molar-refractivity contribution in [2.45, 2.75) is 32.6 Å². The number of aromatic nitrogens is 4. The van der Waals surface area contributed by atoms with Crippen LogP contribution in [0.4, 0.5) is 23.0 Å². The lowest BCUT2D eigenvalue weighted by Crippen LogP contribution is -2.32. The summed E-state index contributed by atoms with van der Waals surface area (Å²) >= 11 is 0. The first kappa shape index (κ1) is 22.0. The van der Waals surface area contributed by atoms with E-state index in [9.17, 15) is 4.79 Å². The van der Waals surface area contributed by atoms with E-state index >= 15 is 0 Å². The number of carbonyl (C=O) groups is 1. The lowest BCUT2D eigenvalue weighted by atomic mass is 9.78. The number of fused-ring (bicyclic) bond motifs is 3. The SMILES string of the molecule is Cc1ccc2c(Nc3ccc4c(c3)NC(=O)CC4(C)C)ncnc2c1-c1ccc2c(N)nn(C)c2c1. The van der Waals surface area contributed by atoms with Gasteiger partial charge in [-0.25, -0.2) is 9.97 Å². The first-order valence-electron chi connectivity index (χ1n) is 11.9. The summed E-state index contributed by atoms with van der Waals surface area (Å²) in [6, 6.07) is 16.4. The monoisotopic (exact) mass is 477 g/mol. The van der Waals surface area contributed by atoms with Crippen molar-refractivity contribution < 1.29 is 4.79 Å². The molecule has 8 nitrogen and oxygen atoms in total. The summed E-state index contributed by atoms with van der Waals surface area (Å²) in [5, 5.41) is 12.6. The van der Waals surface area contributed by atoms with Gasteiger partial charge in [-0.2, -0.15) is 5.10 Å². The van der Waals surface area contributed by atoms with Gasteiger partial charge in [0.2, 0.25) is 5.91 Å². The predicted octanol–water partition coefficient (Wildman–Crippen LogP) is 5.44. The van der Waals surface area contributed by atoms with Gasteiger partial charge >= 0.3 is 0 Å². The first-order valence-corrected chi connectivity index (χ1v) is 11.9. The fraction of sp³-hybridized carbons (Fsp3) is 0.214. The van der Waals surface area contributed by atoms with Gasteiger partial charge in [0.1, 0.15) is 12.1 Å². The molecule has 0 spiro atoms. The maximum Gasteiger partial charge on any atom is 0.225 e. The highest BCUT2D eigenvalue weighted by Gasteiger charge is 2.31. The molecule has 3 aromatic carbocycles. The molecule has 0 unspecified atom stereocenters. The molecule has 1 aliphatic rings. The number of carbonyl (C=O) groups excluding carboxylic acids is 1. The predicted molar refractivity (Wildman–Crippen MR) is 144 cm³/mol. The molecule has 5 aromatic rings. The quantitative estimate of drug-likeness (QED) is 0.319. The van der Waals surface area contributed by atoms with Crippen LogP contribution in [-0.4, -0.2) is 25.7 Å². The third-order valence-corrected chi connectivity index (χ3v) is 7.07. The minimum Gasteiger partial charge on any atom is -0.382 e. The molecule has 0 saturated heterocycles. The molecular formula is C28H27N7O. The summed E-state index contributed by atoms with van der Waals surface area (Å²) in [5.41, 5.74) is 13.7. The lowest BCUT2D eigenvalue weighted by molar-refractivity contribution is -0.117. The Morgan fingerprint density at radius 3 is 2.69 bits per heavy atom. The number of rotatable bonds is 3. The lowest BCUT2D eigenvalue weighted by Gasteiger charge is -2.32. The number of nitrogen functional groups attached to an aromatic ring is 1. The Morgan fingerprint density at radius 2 is 1.86 bits per heavy atom. The second-order valence-electron chi connectivity index (χ2n) is 10.1. The number of nitrogens with zero attached hydrogens (tertiary/aromatic N) is 4. The van der Waals surface area contributed by atoms with Crippen LogP contribution in [0.15, 0.2) is 54.9 Å². The van der Waals surface area contributed by atoms with Crippen LogP contribution in [0.1, 0.15) is 31.4 Å². The molecular weight excluding hydrogens is 450 g/mol. The molecule has 8 heteroatoms. The van der Waals surface area contributed by atoms with E-state index in [2.05, 4.69) is 70.7 Å². The molecule has 1 amide bonds. The highest BCUT2D eigenvalue weighted by molar-refractivity contribution is 6.03. The molecule has 36 heavy (non-hydrogen) atoms. The van der Waals surface area contributed by atoms with E-state index < -0.39 is 0 Å². The van der Waals surface area contributed by atoms with Crippen LogP contribution < -0.4 is 16.4 Å². The van der Waals surface area contributed by atoms with Gasteiger partial charge in [-0.3, -0.25) is 9.48 Å². The zero-order chi connectivity index (χ0) is 25.2. The summed E-state index contributed by atoms with van der Waals surface area (Å²) in [5.74, 6) is 1.25. The van der Waals surface area contributed by atoms with Crippen molar-refractivity contribution in [3.8, 4) is 11.1 Å². The fourth-order valence-electron chi connectivity index (χ4n) is 5.28. The Bertz CT molecular complexity index is 1700. The van der Waals surface area contributed by atoms with Crippen LogP contribution in [0, 0.1) is 6.92 Å². The third-order valence-electron chi connectivity index (χ3n) is 7.07. The minimum absolute atomic E-state index is 0.0319. The second-order valence-corrected chi connectivity index (χ2v) is 10.1. The van der Waals surface area contributed by atoms with Crippen LogP contribution in [0.3, 0.4) is 0 Å². The molecule has 6 rings (SSSR count). The molecule has 4 N–H and O–H groups in total. The molecule has 3 heterocycles. The number of benzene rings is 3. The van der Waals surface area contributed by atoms with Crippen molar-refractivity contribution in [3.05, 3.63) is 66.0 Å². The van der Waals surface area contributed by atoms with Crippen LogP contribution in [0.2, 0.25) is 0 Å². The van der Waals surface area contributed by atoms with E-state index in [1.807, 2.05) is 31.3 Å². The molecule has 0 radical (unpaired) electrons. The molecule has 0 fully saturated rings. The van der Waals surface area contributed by atoms with Crippen molar-refractivity contribution in [3.63, 3.8) is 0 Å². The first-order chi connectivity index (χ1) is 17.2. The van der Waals surface area contributed by atoms with Crippen molar-refractivity contribution in [1.29, 1.82) is 0 Å². The van der Waals surface area contributed by atoms with E-state index in [0.29, 0.717) is 18.1 Å². The van der Waals surface area contributed by atoms with Gasteiger partial charge < -0.3 is 16.4 Å². The van der Waals surface area contributed by atoms with Crippen molar-refractivity contribution in [1.82, 2.24) is 19.7 Å². The van der Waals surface area contributed by atoms with E-state index in [1.165, 1.54) is 0 Å². The summed E-state index contributed by atoms with van der Waals surface area (Å²) in [6.07, 6.45) is 2.06. The zero-order valence-electron chi connectivity index (χ0n) is 20.7. The Morgan fingerprint density at radius 1 is 1.06 bits per heavy atom. The van der Waals surface area contributed by atoms with Crippen molar-refractivity contribution in [2.75, 3.05) is 16.4 Å². The van der Waals surface area contributed by atoms with Gasteiger partial charge in [0.25, 0.3) is 0 Å². The zero-order valence-corrected chi connectivity index (χ0v) is 20.7. The Balaban J connectivity index is 1.45. The number of hydrogen-bond donors (Lipinski definition) is 3. The molecule has 2 aromatic heterocycles. The smallest absolute Gasteiger partial charge is 0.225 e. The molecule has 0 aliphatic carbocycles. The fourth-order valence-corrected chi connectivity index (χ4v) is 5.28. The average molecular weight is 478 g/mol. The molecule has 0 bridgehead atoms. The Kier molecular flexibility index (Phi) is 4.76. The maximum atomic E-state index is 12.2. The summed E-state index contributed by atoms with van der Waals surface area (Å²) in [6.45, 7) is 6.27. The molecule has 1 aliphatic heterocycles. The number of hydrogen-bond acceptors (Lipinski definition) is 6. The van der Waals surface area contributed by atoms with Gasteiger partial charge in [0, 0.05) is 46.6 Å². The van der Waals surface area contributed by atoms with Crippen molar-refractivity contribution >= 4 is 50.7 Å². The minimum atomic E-state index is -0.204. The number of amides is 1. The number of aryl methyl sites for hydroxylation is 2. The number of nitrogens with two attached hydrogens (primary N) is 1. The normalized spacial score (nSPS) is 14.6. The number of anilines is 4. The van der Waals surface area contributed by atoms with E-state index in [4.69, 9.17) is 5.73 Å². The summed E-state index contributed by atoms with van der Waals surface area (Å²) in [7, 11) is 1.89. The standard InChI is InChI=1S/C28H27N7O/c1-15-5-8-19-25(24(15)16-6-9-18-22(11-16)35(4)34-26(18)29)30-14-31-27(19)32-17-7-10-20-21(12-17)33-23(36)13-28(20,2)3/h5-12,14H,13H2,1-4H3,(H2,29,34)(H,33,36)(H,30,31,32). The maximum absolute atomic E-state index is 12.2. The van der Waals surface area contributed by atoms with Crippen LogP contribution in [-0.2, 0) is 17.3 Å². The molecule has 0 saturated carbocycles. The van der Waals surface area contributed by atoms with Gasteiger partial charge in [0.05, 0.1) is 11.0 Å². The van der Waals surface area contributed by atoms with E-state index in [1.54, 1.807) is 11.0 Å². The van der Waals surface area contributed by atoms with Crippen LogP contribution in [0.5, 0.6) is 0 Å². The van der Waals surface area contributed by atoms with Gasteiger partial charge in [0.15, 0.2) is 5.82 Å². The summed E-state index contributed by atoms with van der Waals surface area (Å²) in [4.78, 5) is 21.5. The van der Waals surface area contributed by atoms with Gasteiger partial charge in [-0.15, -0.1) is 0 Å². The largest absolute Gasteiger partial charge is 0.382 e. The highest BCUT2D eigenvalue weighted by atomic mass is 16.1. The van der Waals surface area contributed by atoms with Crippen molar-refractivity contribution in [2.24, 2.45) is 7.05 Å². The second kappa shape index (κ2) is 7.78. The Labute approximate surface area is 208 Å². The Hall–Kier alpha value is -4.46. The van der Waals surface area contributed by atoms with Crippen LogP contribution in [0.25, 0.3) is 32.9 Å². The topological polar surface area (TPSA) is 111 Å². The molecule has 0 atom stereocenters. The molecule has 180 valence electrons. The van der Waals surface area contributed by atoms with E-state index in [0.717, 1.165) is 55.4 Å². The van der Waals surface area contributed by atoms with Gasteiger partial charge in [-0.1, -0.05) is 32.0 Å². The summed E-state index contributed by atoms with van der Waals surface area (Å²) < 4.78 is 1.80.